The summed E-state index contributed by atoms with van der Waals surface area (Å²) < 4.78 is 80.8. The van der Waals surface area contributed by atoms with Gasteiger partial charge < -0.3 is 15.1 Å². The Morgan fingerprint density at radius 2 is 1.55 bits per heavy atom. The number of anilines is 1. The largest absolute Gasteiger partial charge is 0.416 e. The molecule has 1 saturated heterocycles. The van der Waals surface area contributed by atoms with E-state index >= 15 is 0 Å². The molecule has 15 heteroatoms. The second-order valence-corrected chi connectivity index (χ2v) is 9.47. The smallest absolute Gasteiger partial charge is 0.346 e. The number of benzene rings is 1. The molecule has 1 atom stereocenters. The molecule has 1 fully saturated rings. The minimum Gasteiger partial charge on any atom is -0.346 e. The molecule has 9 nitrogen and oxygen atoms in total. The molecule has 214 valence electrons. The Bertz CT molecular complexity index is 1360. The number of aromatic nitrogens is 4. The number of hydrogen-bond acceptors (Lipinski definition) is 6. The molecule has 1 aliphatic heterocycles. The second kappa shape index (κ2) is 10.8. The summed E-state index contributed by atoms with van der Waals surface area (Å²) in [7, 11) is 3.30. The van der Waals surface area contributed by atoms with Crippen LogP contribution in [0.25, 0.3) is 5.82 Å². The number of nitrogens with one attached hydrogen (secondary N) is 1. The van der Waals surface area contributed by atoms with E-state index in [2.05, 4.69) is 20.4 Å². The van der Waals surface area contributed by atoms with Gasteiger partial charge in [0.1, 0.15) is 0 Å². The zero-order valence-corrected chi connectivity index (χ0v) is 21.6. The predicted octanol–water partition coefficient (Wildman–Crippen LogP) is 4.49. The number of pyridine rings is 1. The highest BCUT2D eigenvalue weighted by molar-refractivity contribution is 5.95. The number of halogens is 6. The molecule has 0 bridgehead atoms. The number of nitrogens with zero attached hydrogens (tertiary/aromatic N) is 6. The number of amides is 2. The lowest BCUT2D eigenvalue weighted by molar-refractivity contribution is -0.143. The van der Waals surface area contributed by atoms with E-state index in [1.165, 1.54) is 23.9 Å². The van der Waals surface area contributed by atoms with E-state index in [0.717, 1.165) is 12.8 Å². The number of carbonyl (C=O) groups is 2. The van der Waals surface area contributed by atoms with E-state index in [1.54, 1.807) is 30.0 Å². The van der Waals surface area contributed by atoms with Crippen molar-refractivity contribution in [3.8, 4) is 5.82 Å². The first kappa shape index (κ1) is 28.8. The van der Waals surface area contributed by atoms with Crippen molar-refractivity contribution in [3.63, 3.8) is 0 Å². The van der Waals surface area contributed by atoms with Gasteiger partial charge in [-0.3, -0.25) is 9.59 Å². The maximum absolute atomic E-state index is 13.3. The molecular weight excluding hydrogens is 544 g/mol. The number of alkyl halides is 6. The van der Waals surface area contributed by atoms with Gasteiger partial charge in [-0.1, -0.05) is 0 Å². The molecule has 3 aromatic rings. The minimum absolute atomic E-state index is 0.0516. The van der Waals surface area contributed by atoms with Gasteiger partial charge in [0.25, 0.3) is 11.8 Å². The van der Waals surface area contributed by atoms with Gasteiger partial charge in [-0.25, -0.2) is 4.98 Å². The molecule has 2 amide bonds. The third-order valence-corrected chi connectivity index (χ3v) is 6.21. The Labute approximate surface area is 224 Å². The lowest BCUT2D eigenvalue weighted by Gasteiger charge is -2.17. The van der Waals surface area contributed by atoms with E-state index in [0.29, 0.717) is 30.8 Å². The minimum atomic E-state index is -5.10. The van der Waals surface area contributed by atoms with Gasteiger partial charge in [0.15, 0.2) is 11.6 Å². The third-order valence-electron chi connectivity index (χ3n) is 6.21. The van der Waals surface area contributed by atoms with Crippen molar-refractivity contribution in [1.82, 2.24) is 30.0 Å². The normalized spacial score (nSPS) is 14.8. The molecule has 1 aliphatic rings. The summed E-state index contributed by atoms with van der Waals surface area (Å²) in [5.74, 6) is -0.804. The first-order valence-corrected chi connectivity index (χ1v) is 12.2. The standard InChI is InChI=1S/C25H25F6N7O2/c1-14(33-21(39)16-10-17(24(26,27)28)12-18(11-16)25(29,30)31)20-34-23(36(2)3)35-38(20)19-7-6-15(13-32-19)22(40)37-8-4-5-9-37/h6-7,10-14H,4-5,8-9H2,1-3H3,(H,33,39)/t14-/m0/s1. The summed E-state index contributed by atoms with van der Waals surface area (Å²) in [6, 6.07) is 2.72. The van der Waals surface area contributed by atoms with E-state index in [4.69, 9.17) is 0 Å². The molecular formula is C25H25F6N7O2. The van der Waals surface area contributed by atoms with Gasteiger partial charge in [-0.15, -0.1) is 5.10 Å². The Kier molecular flexibility index (Phi) is 7.76. The van der Waals surface area contributed by atoms with Gasteiger partial charge >= 0.3 is 12.4 Å². The van der Waals surface area contributed by atoms with Crippen LogP contribution in [0, 0.1) is 0 Å². The van der Waals surface area contributed by atoms with Crippen LogP contribution in [0.4, 0.5) is 32.3 Å². The van der Waals surface area contributed by atoms with Crippen LogP contribution in [0.5, 0.6) is 0 Å². The van der Waals surface area contributed by atoms with Crippen molar-refractivity contribution in [2.45, 2.75) is 38.2 Å². The monoisotopic (exact) mass is 569 g/mol. The predicted molar refractivity (Wildman–Crippen MR) is 131 cm³/mol. The molecule has 0 spiro atoms. The average Bonchev–Trinajstić information content (AvgIpc) is 3.58. The zero-order chi connectivity index (χ0) is 29.4. The number of carbonyl (C=O) groups excluding carboxylic acids is 2. The first-order chi connectivity index (χ1) is 18.6. The van der Waals surface area contributed by atoms with E-state index in [9.17, 15) is 35.9 Å². The lowest BCUT2D eigenvalue weighted by Crippen LogP contribution is -2.29. The van der Waals surface area contributed by atoms with Crippen molar-refractivity contribution in [2.24, 2.45) is 0 Å². The van der Waals surface area contributed by atoms with Crippen LogP contribution >= 0.6 is 0 Å². The van der Waals surface area contributed by atoms with Crippen molar-refractivity contribution in [3.05, 3.63) is 64.6 Å². The van der Waals surface area contributed by atoms with Crippen LogP contribution in [0.2, 0.25) is 0 Å². The highest BCUT2D eigenvalue weighted by Gasteiger charge is 2.37. The molecule has 0 radical (unpaired) electrons. The summed E-state index contributed by atoms with van der Waals surface area (Å²) in [4.78, 5) is 37.4. The van der Waals surface area contributed by atoms with Gasteiger partial charge in [0.05, 0.1) is 22.7 Å². The average molecular weight is 570 g/mol. The van der Waals surface area contributed by atoms with Gasteiger partial charge in [0, 0.05) is 38.9 Å². The molecule has 0 saturated carbocycles. The van der Waals surface area contributed by atoms with Crippen LogP contribution in [0.3, 0.4) is 0 Å². The second-order valence-electron chi connectivity index (χ2n) is 9.47. The molecule has 1 N–H and O–H groups in total. The van der Waals surface area contributed by atoms with Crippen LogP contribution in [0.15, 0.2) is 36.5 Å². The number of rotatable bonds is 6. The van der Waals surface area contributed by atoms with Crippen molar-refractivity contribution >= 4 is 17.8 Å². The van der Waals surface area contributed by atoms with Gasteiger partial charge in [-0.2, -0.15) is 36.0 Å². The maximum atomic E-state index is 13.3. The molecule has 0 unspecified atom stereocenters. The summed E-state index contributed by atoms with van der Waals surface area (Å²) in [6.07, 6.45) is -6.97. The molecule has 2 aromatic heterocycles. The van der Waals surface area contributed by atoms with E-state index in [1.807, 2.05) is 0 Å². The van der Waals surface area contributed by atoms with Crippen LogP contribution in [0.1, 0.15) is 63.5 Å². The van der Waals surface area contributed by atoms with Crippen molar-refractivity contribution in [1.29, 1.82) is 0 Å². The summed E-state index contributed by atoms with van der Waals surface area (Å²) >= 11 is 0. The zero-order valence-electron chi connectivity index (χ0n) is 21.6. The number of hydrogen-bond donors (Lipinski definition) is 1. The summed E-state index contributed by atoms with van der Waals surface area (Å²) in [5.41, 5.74) is -3.67. The molecule has 0 aliphatic carbocycles. The lowest BCUT2D eigenvalue weighted by atomic mass is 10.0. The topological polar surface area (TPSA) is 96.2 Å². The fourth-order valence-corrected chi connectivity index (χ4v) is 4.12. The molecule has 1 aromatic carbocycles. The molecule has 4 rings (SSSR count). The van der Waals surface area contributed by atoms with Crippen LogP contribution in [-0.4, -0.2) is 63.6 Å². The van der Waals surface area contributed by atoms with Crippen molar-refractivity contribution < 1.29 is 35.9 Å². The van der Waals surface area contributed by atoms with Crippen LogP contribution < -0.4 is 10.2 Å². The highest BCUT2D eigenvalue weighted by Crippen LogP contribution is 2.36. The maximum Gasteiger partial charge on any atom is 0.416 e. The van der Waals surface area contributed by atoms with Gasteiger partial charge in [0.2, 0.25) is 5.95 Å². The molecule has 40 heavy (non-hydrogen) atoms. The number of likely N-dealkylation sites (tertiary alicyclic amines) is 1. The molecule has 3 heterocycles. The Morgan fingerprint density at radius 1 is 0.950 bits per heavy atom. The quantitative estimate of drug-likeness (QED) is 0.440. The highest BCUT2D eigenvalue weighted by atomic mass is 19.4. The summed E-state index contributed by atoms with van der Waals surface area (Å²) in [5, 5.41) is 6.75. The van der Waals surface area contributed by atoms with E-state index in [-0.39, 0.29) is 29.6 Å². The summed E-state index contributed by atoms with van der Waals surface area (Å²) in [6.45, 7) is 2.77. The Hall–Kier alpha value is -4.17. The fraction of sp³-hybridized carbons (Fsp3) is 0.400. The Morgan fingerprint density at radius 3 is 2.05 bits per heavy atom. The van der Waals surface area contributed by atoms with E-state index < -0.39 is 41.0 Å². The fourth-order valence-electron chi connectivity index (χ4n) is 4.12. The Balaban J connectivity index is 1.63. The third kappa shape index (κ3) is 6.18. The SMILES string of the molecule is C[C@H](NC(=O)c1cc(C(F)(F)F)cc(C(F)(F)F)c1)c1nc(N(C)C)nn1-c1ccc(C(=O)N2CCCC2)cn1. The van der Waals surface area contributed by atoms with Crippen LogP contribution in [-0.2, 0) is 12.4 Å². The van der Waals surface area contributed by atoms with Crippen molar-refractivity contribution in [2.75, 3.05) is 32.1 Å². The van der Waals surface area contributed by atoms with Gasteiger partial charge in [-0.05, 0) is 50.1 Å². The first-order valence-electron chi connectivity index (χ1n) is 12.2.